The van der Waals surface area contributed by atoms with Gasteiger partial charge in [0.05, 0.1) is 5.69 Å². The highest BCUT2D eigenvalue weighted by Gasteiger charge is 2.44. The highest BCUT2D eigenvalue weighted by molar-refractivity contribution is 5.41. The van der Waals surface area contributed by atoms with E-state index in [9.17, 15) is 4.39 Å². The van der Waals surface area contributed by atoms with Gasteiger partial charge >= 0.3 is 0 Å². The zero-order chi connectivity index (χ0) is 11.1. The van der Waals surface area contributed by atoms with Crippen LogP contribution in [0, 0.1) is 11.2 Å². The largest absolute Gasteiger partial charge is 0.396 e. The van der Waals surface area contributed by atoms with E-state index in [1.54, 1.807) is 6.07 Å². The van der Waals surface area contributed by atoms with E-state index in [1.165, 1.54) is 12.5 Å². The van der Waals surface area contributed by atoms with Gasteiger partial charge in [-0.25, -0.2) is 4.39 Å². The van der Waals surface area contributed by atoms with Crippen LogP contribution in [-0.4, -0.2) is 6.04 Å². The SMILES string of the molecule is CC1(C)CC1NCc1ccc(N)c(F)c1. The Morgan fingerprint density at radius 1 is 1.53 bits per heavy atom. The summed E-state index contributed by atoms with van der Waals surface area (Å²) in [4.78, 5) is 0. The maximum absolute atomic E-state index is 13.1. The predicted molar refractivity (Wildman–Crippen MR) is 59.8 cm³/mol. The third kappa shape index (κ3) is 2.29. The van der Waals surface area contributed by atoms with Crippen molar-refractivity contribution in [3.8, 4) is 0 Å². The first kappa shape index (κ1) is 10.4. The zero-order valence-corrected chi connectivity index (χ0v) is 9.18. The highest BCUT2D eigenvalue weighted by Crippen LogP contribution is 2.44. The lowest BCUT2D eigenvalue weighted by Crippen LogP contribution is -2.20. The molecule has 1 fully saturated rings. The number of anilines is 1. The molecule has 15 heavy (non-hydrogen) atoms. The number of hydrogen-bond acceptors (Lipinski definition) is 2. The lowest BCUT2D eigenvalue weighted by atomic mass is 10.1. The molecular weight excluding hydrogens is 191 g/mol. The maximum atomic E-state index is 13.1. The van der Waals surface area contributed by atoms with Crippen LogP contribution in [0.2, 0.25) is 0 Å². The Balaban J connectivity index is 1.92. The molecule has 0 heterocycles. The second-order valence-electron chi connectivity index (χ2n) is 4.98. The van der Waals surface area contributed by atoms with Gasteiger partial charge < -0.3 is 11.1 Å². The van der Waals surface area contributed by atoms with E-state index in [0.717, 1.165) is 5.56 Å². The summed E-state index contributed by atoms with van der Waals surface area (Å²) in [6, 6.07) is 5.54. The van der Waals surface area contributed by atoms with Gasteiger partial charge in [-0.05, 0) is 29.5 Å². The van der Waals surface area contributed by atoms with Gasteiger partial charge in [-0.15, -0.1) is 0 Å². The lowest BCUT2D eigenvalue weighted by molar-refractivity contribution is 0.540. The molecule has 1 aromatic carbocycles. The molecule has 1 aliphatic rings. The van der Waals surface area contributed by atoms with E-state index < -0.39 is 0 Å². The van der Waals surface area contributed by atoms with Crippen LogP contribution < -0.4 is 11.1 Å². The summed E-state index contributed by atoms with van der Waals surface area (Å²) in [6.45, 7) is 5.17. The Labute approximate surface area is 89.7 Å². The number of nitrogens with one attached hydrogen (secondary N) is 1. The van der Waals surface area contributed by atoms with Crippen LogP contribution in [0.25, 0.3) is 0 Å². The second kappa shape index (κ2) is 3.49. The summed E-state index contributed by atoms with van der Waals surface area (Å²) < 4.78 is 13.1. The topological polar surface area (TPSA) is 38.0 Å². The van der Waals surface area contributed by atoms with E-state index in [4.69, 9.17) is 5.73 Å². The lowest BCUT2D eigenvalue weighted by Gasteiger charge is -2.07. The van der Waals surface area contributed by atoms with Crippen molar-refractivity contribution in [3.05, 3.63) is 29.6 Å². The van der Waals surface area contributed by atoms with Crippen molar-refractivity contribution in [3.63, 3.8) is 0 Å². The van der Waals surface area contributed by atoms with Crippen LogP contribution in [0.3, 0.4) is 0 Å². The molecule has 2 rings (SSSR count). The number of nitrogen functional groups attached to an aromatic ring is 1. The minimum absolute atomic E-state index is 0.213. The van der Waals surface area contributed by atoms with Gasteiger partial charge in [-0.2, -0.15) is 0 Å². The molecule has 3 N–H and O–H groups in total. The van der Waals surface area contributed by atoms with Crippen molar-refractivity contribution in [1.82, 2.24) is 5.32 Å². The van der Waals surface area contributed by atoms with Crippen LogP contribution in [-0.2, 0) is 6.54 Å². The van der Waals surface area contributed by atoms with Gasteiger partial charge in [0.15, 0.2) is 0 Å². The Bertz CT molecular complexity index is 374. The minimum Gasteiger partial charge on any atom is -0.396 e. The van der Waals surface area contributed by atoms with Gasteiger partial charge in [0.1, 0.15) is 5.82 Å². The van der Waals surface area contributed by atoms with Crippen LogP contribution in [0.5, 0.6) is 0 Å². The molecule has 0 aliphatic heterocycles. The average Bonchev–Trinajstić information content (AvgIpc) is 2.77. The summed E-state index contributed by atoms with van der Waals surface area (Å²) in [7, 11) is 0. The standard InChI is InChI=1S/C12H17FN2/c1-12(2)6-11(12)15-7-8-3-4-10(14)9(13)5-8/h3-5,11,15H,6-7,14H2,1-2H3. The maximum Gasteiger partial charge on any atom is 0.146 e. The molecule has 0 radical (unpaired) electrons. The van der Waals surface area contributed by atoms with Crippen molar-refractivity contribution in [2.45, 2.75) is 32.9 Å². The molecular formula is C12H17FN2. The quantitative estimate of drug-likeness (QED) is 0.748. The fraction of sp³-hybridized carbons (Fsp3) is 0.500. The molecule has 2 nitrogen and oxygen atoms in total. The monoisotopic (exact) mass is 208 g/mol. The van der Waals surface area contributed by atoms with E-state index in [1.807, 2.05) is 6.07 Å². The normalized spacial score (nSPS) is 22.7. The number of benzene rings is 1. The third-order valence-electron chi connectivity index (χ3n) is 3.13. The number of nitrogens with two attached hydrogens (primary N) is 1. The number of halogens is 1. The van der Waals surface area contributed by atoms with E-state index >= 15 is 0 Å². The molecule has 0 saturated heterocycles. The Morgan fingerprint density at radius 2 is 2.20 bits per heavy atom. The molecule has 1 unspecified atom stereocenters. The van der Waals surface area contributed by atoms with Crippen LogP contribution >= 0.6 is 0 Å². The molecule has 1 atom stereocenters. The average molecular weight is 208 g/mol. The smallest absolute Gasteiger partial charge is 0.146 e. The molecule has 82 valence electrons. The fourth-order valence-electron chi connectivity index (χ4n) is 1.74. The third-order valence-corrected chi connectivity index (χ3v) is 3.13. The highest BCUT2D eigenvalue weighted by atomic mass is 19.1. The van der Waals surface area contributed by atoms with Gasteiger partial charge in [0.25, 0.3) is 0 Å². The first-order valence-electron chi connectivity index (χ1n) is 5.26. The summed E-state index contributed by atoms with van der Waals surface area (Å²) in [5.74, 6) is -0.329. The van der Waals surface area contributed by atoms with Gasteiger partial charge in [0, 0.05) is 12.6 Å². The predicted octanol–water partition coefficient (Wildman–Crippen LogP) is 2.30. The van der Waals surface area contributed by atoms with Gasteiger partial charge in [0.2, 0.25) is 0 Å². The first-order valence-corrected chi connectivity index (χ1v) is 5.26. The molecule has 3 heteroatoms. The Kier molecular flexibility index (Phi) is 2.43. The summed E-state index contributed by atoms with van der Waals surface area (Å²) >= 11 is 0. The van der Waals surface area contributed by atoms with E-state index in [0.29, 0.717) is 18.0 Å². The Morgan fingerprint density at radius 3 is 2.73 bits per heavy atom. The number of hydrogen-bond donors (Lipinski definition) is 2. The van der Waals surface area contributed by atoms with Crippen LogP contribution in [0.1, 0.15) is 25.8 Å². The molecule has 1 aromatic rings. The van der Waals surface area contributed by atoms with E-state index in [-0.39, 0.29) is 11.5 Å². The van der Waals surface area contributed by atoms with Crippen LogP contribution in [0.15, 0.2) is 18.2 Å². The summed E-state index contributed by atoms with van der Waals surface area (Å²) in [5.41, 5.74) is 6.98. The van der Waals surface area contributed by atoms with Crippen molar-refractivity contribution >= 4 is 5.69 Å². The van der Waals surface area contributed by atoms with Crippen LogP contribution in [0.4, 0.5) is 10.1 Å². The van der Waals surface area contributed by atoms with Gasteiger partial charge in [-0.1, -0.05) is 19.9 Å². The summed E-state index contributed by atoms with van der Waals surface area (Å²) in [6.07, 6.45) is 1.20. The van der Waals surface area contributed by atoms with Crippen molar-refractivity contribution in [2.75, 3.05) is 5.73 Å². The second-order valence-corrected chi connectivity index (χ2v) is 4.98. The van der Waals surface area contributed by atoms with Gasteiger partial charge in [-0.3, -0.25) is 0 Å². The molecule has 0 bridgehead atoms. The molecule has 0 spiro atoms. The Hall–Kier alpha value is -1.09. The molecule has 0 aromatic heterocycles. The fourth-order valence-corrected chi connectivity index (χ4v) is 1.74. The number of rotatable bonds is 3. The molecule has 0 amide bonds. The molecule has 1 aliphatic carbocycles. The molecule has 1 saturated carbocycles. The van der Waals surface area contributed by atoms with Crippen molar-refractivity contribution in [2.24, 2.45) is 5.41 Å². The first-order chi connectivity index (χ1) is 6.99. The minimum atomic E-state index is -0.329. The van der Waals surface area contributed by atoms with E-state index in [2.05, 4.69) is 19.2 Å². The van der Waals surface area contributed by atoms with Crippen molar-refractivity contribution < 1.29 is 4.39 Å². The van der Waals surface area contributed by atoms with Crippen molar-refractivity contribution in [1.29, 1.82) is 0 Å². The summed E-state index contributed by atoms with van der Waals surface area (Å²) in [5, 5.41) is 3.40. The zero-order valence-electron chi connectivity index (χ0n) is 9.18.